The maximum atomic E-state index is 12.1. The zero-order chi connectivity index (χ0) is 18.4. The van der Waals surface area contributed by atoms with Crippen molar-refractivity contribution < 1.29 is 23.8 Å². The van der Waals surface area contributed by atoms with Crippen molar-refractivity contribution in [2.45, 2.75) is 6.92 Å². The third-order valence-corrected chi connectivity index (χ3v) is 4.30. The fourth-order valence-electron chi connectivity index (χ4n) is 2.01. The van der Waals surface area contributed by atoms with Crippen LogP contribution in [0.1, 0.15) is 20.9 Å². The molecule has 1 aromatic heterocycles. The number of rotatable bonds is 6. The van der Waals surface area contributed by atoms with Crippen LogP contribution in [0.3, 0.4) is 0 Å². The van der Waals surface area contributed by atoms with Gasteiger partial charge < -0.3 is 14.2 Å². The van der Waals surface area contributed by atoms with Crippen molar-refractivity contribution >= 4 is 34.4 Å². The number of esters is 1. The quantitative estimate of drug-likeness (QED) is 0.628. The topological polar surface area (TPSA) is 86.8 Å². The van der Waals surface area contributed by atoms with Crippen molar-refractivity contribution in [3.05, 3.63) is 40.4 Å². The number of hydrogen-bond donors (Lipinski definition) is 1. The summed E-state index contributed by atoms with van der Waals surface area (Å²) in [4.78, 5) is 28.2. The molecule has 0 bridgehead atoms. The maximum Gasteiger partial charge on any atom is 0.350 e. The number of nitrogens with zero attached hydrogens (tertiary/aromatic N) is 1. The van der Waals surface area contributed by atoms with E-state index in [0.717, 1.165) is 11.3 Å². The highest BCUT2D eigenvalue weighted by Crippen LogP contribution is 2.26. The lowest BCUT2D eigenvalue weighted by Gasteiger charge is -2.07. The van der Waals surface area contributed by atoms with E-state index in [1.165, 1.54) is 13.2 Å². The number of anilines is 1. The van der Waals surface area contributed by atoms with Crippen molar-refractivity contribution in [1.29, 1.82) is 0 Å². The Bertz CT molecular complexity index is 813. The monoisotopic (exact) mass is 362 g/mol. The molecular weight excluding hydrogens is 344 g/mol. The summed E-state index contributed by atoms with van der Waals surface area (Å²) < 4.78 is 15.1. The summed E-state index contributed by atoms with van der Waals surface area (Å²) in [6.07, 6.45) is 2.96. The number of methoxy groups -OCH3 is 3. The van der Waals surface area contributed by atoms with Crippen LogP contribution in [-0.4, -0.2) is 38.2 Å². The molecule has 0 saturated heterocycles. The lowest BCUT2D eigenvalue weighted by Crippen LogP contribution is -2.07. The molecule has 2 aromatic rings. The number of thiazole rings is 1. The molecule has 0 saturated carbocycles. The molecule has 0 fully saturated rings. The van der Waals surface area contributed by atoms with Gasteiger partial charge in [0.2, 0.25) is 5.91 Å². The summed E-state index contributed by atoms with van der Waals surface area (Å²) in [5.74, 6) is 0.407. The minimum Gasteiger partial charge on any atom is -0.497 e. The molecule has 1 heterocycles. The summed E-state index contributed by atoms with van der Waals surface area (Å²) in [6, 6.07) is 5.28. The molecule has 0 spiro atoms. The van der Waals surface area contributed by atoms with E-state index in [4.69, 9.17) is 9.47 Å². The third-order valence-electron chi connectivity index (χ3n) is 3.25. The van der Waals surface area contributed by atoms with Crippen LogP contribution in [0.25, 0.3) is 6.08 Å². The lowest BCUT2D eigenvalue weighted by atomic mass is 10.1. The van der Waals surface area contributed by atoms with E-state index in [-0.39, 0.29) is 5.91 Å². The summed E-state index contributed by atoms with van der Waals surface area (Å²) in [7, 11) is 4.40. The first kappa shape index (κ1) is 18.5. The molecule has 0 atom stereocenters. The van der Waals surface area contributed by atoms with Crippen molar-refractivity contribution in [2.24, 2.45) is 0 Å². The number of amides is 1. The molecule has 7 nitrogen and oxygen atoms in total. The van der Waals surface area contributed by atoms with Gasteiger partial charge in [0.1, 0.15) is 16.4 Å². The zero-order valence-corrected chi connectivity index (χ0v) is 15.1. The Morgan fingerprint density at radius 1 is 1.20 bits per heavy atom. The molecule has 25 heavy (non-hydrogen) atoms. The van der Waals surface area contributed by atoms with E-state index in [1.807, 2.05) is 0 Å². The molecule has 0 aliphatic carbocycles. The molecule has 2 rings (SSSR count). The predicted octanol–water partition coefficient (Wildman–Crippen LogP) is 2.91. The highest BCUT2D eigenvalue weighted by atomic mass is 32.1. The fraction of sp³-hybridized carbons (Fsp3) is 0.235. The van der Waals surface area contributed by atoms with Gasteiger partial charge in [0.15, 0.2) is 5.13 Å². The summed E-state index contributed by atoms with van der Waals surface area (Å²) in [5, 5.41) is 2.94. The highest BCUT2D eigenvalue weighted by Gasteiger charge is 2.16. The number of aromatic nitrogens is 1. The summed E-state index contributed by atoms with van der Waals surface area (Å²) in [5.41, 5.74) is 1.20. The van der Waals surface area contributed by atoms with E-state index < -0.39 is 5.97 Å². The Kier molecular flexibility index (Phi) is 6.13. The van der Waals surface area contributed by atoms with Crippen LogP contribution >= 0.6 is 11.3 Å². The van der Waals surface area contributed by atoms with Gasteiger partial charge in [0.05, 0.1) is 27.0 Å². The van der Waals surface area contributed by atoms with Gasteiger partial charge in [-0.25, -0.2) is 9.78 Å². The van der Waals surface area contributed by atoms with Gasteiger partial charge in [-0.1, -0.05) is 11.3 Å². The van der Waals surface area contributed by atoms with Gasteiger partial charge in [0, 0.05) is 11.6 Å². The molecule has 132 valence electrons. The van der Waals surface area contributed by atoms with Gasteiger partial charge in [0.25, 0.3) is 0 Å². The first-order valence-corrected chi connectivity index (χ1v) is 8.07. The minimum atomic E-state index is -0.479. The van der Waals surface area contributed by atoms with E-state index in [1.54, 1.807) is 45.4 Å². The van der Waals surface area contributed by atoms with Crippen LogP contribution < -0.4 is 14.8 Å². The summed E-state index contributed by atoms with van der Waals surface area (Å²) in [6.45, 7) is 1.68. The lowest BCUT2D eigenvalue weighted by molar-refractivity contribution is -0.111. The molecule has 1 amide bonds. The average Bonchev–Trinajstić information content (AvgIpc) is 2.98. The highest BCUT2D eigenvalue weighted by molar-refractivity contribution is 7.17. The Hall–Kier alpha value is -2.87. The first-order valence-electron chi connectivity index (χ1n) is 7.25. The molecule has 0 aliphatic heterocycles. The second-order valence-electron chi connectivity index (χ2n) is 4.86. The molecule has 0 unspecified atom stereocenters. The fourth-order valence-corrected chi connectivity index (χ4v) is 2.90. The number of carbonyl (C=O) groups is 2. The van der Waals surface area contributed by atoms with Crippen LogP contribution in [-0.2, 0) is 9.53 Å². The largest absolute Gasteiger partial charge is 0.497 e. The van der Waals surface area contributed by atoms with Crippen LogP contribution in [0.2, 0.25) is 0 Å². The van der Waals surface area contributed by atoms with E-state index in [0.29, 0.717) is 32.8 Å². The second-order valence-corrected chi connectivity index (χ2v) is 5.85. The van der Waals surface area contributed by atoms with Gasteiger partial charge >= 0.3 is 5.97 Å². The van der Waals surface area contributed by atoms with Gasteiger partial charge in [-0.3, -0.25) is 10.1 Å². The number of benzene rings is 1. The van der Waals surface area contributed by atoms with E-state index in [2.05, 4.69) is 15.0 Å². The van der Waals surface area contributed by atoms with Gasteiger partial charge in [-0.15, -0.1) is 0 Å². The Morgan fingerprint density at radius 3 is 2.60 bits per heavy atom. The van der Waals surface area contributed by atoms with Crippen molar-refractivity contribution in [3.63, 3.8) is 0 Å². The van der Waals surface area contributed by atoms with Crippen LogP contribution in [0.5, 0.6) is 11.5 Å². The average molecular weight is 362 g/mol. The molecular formula is C17H18N2O5S. The first-order chi connectivity index (χ1) is 12.0. The smallest absolute Gasteiger partial charge is 0.350 e. The van der Waals surface area contributed by atoms with Crippen molar-refractivity contribution in [1.82, 2.24) is 4.98 Å². The van der Waals surface area contributed by atoms with Gasteiger partial charge in [-0.2, -0.15) is 0 Å². The molecule has 0 aliphatic rings. The summed E-state index contributed by atoms with van der Waals surface area (Å²) >= 11 is 1.06. The molecule has 0 radical (unpaired) electrons. The number of ether oxygens (including phenoxy) is 3. The standard InChI is InChI=1S/C17H18N2O5S/c1-10-15(16(21)24-4)25-17(18-10)19-14(20)8-5-11-9-12(22-2)6-7-13(11)23-3/h5-9H,1-4H3,(H,18,19,20)/b8-5+. The zero-order valence-electron chi connectivity index (χ0n) is 14.3. The Labute approximate surface area is 149 Å². The SMILES string of the molecule is COC(=O)c1sc(NC(=O)/C=C/c2cc(OC)ccc2OC)nc1C. The van der Waals surface area contributed by atoms with E-state index >= 15 is 0 Å². The van der Waals surface area contributed by atoms with Crippen LogP contribution in [0.4, 0.5) is 5.13 Å². The van der Waals surface area contributed by atoms with E-state index in [9.17, 15) is 9.59 Å². The van der Waals surface area contributed by atoms with Crippen LogP contribution in [0, 0.1) is 6.92 Å². The van der Waals surface area contributed by atoms with Crippen LogP contribution in [0.15, 0.2) is 24.3 Å². The number of aryl methyl sites for hydroxylation is 1. The van der Waals surface area contributed by atoms with Crippen molar-refractivity contribution in [3.8, 4) is 11.5 Å². The normalized spacial score (nSPS) is 10.6. The maximum absolute atomic E-state index is 12.1. The van der Waals surface area contributed by atoms with Crippen molar-refractivity contribution in [2.75, 3.05) is 26.6 Å². The third kappa shape index (κ3) is 4.57. The Morgan fingerprint density at radius 2 is 1.96 bits per heavy atom. The molecule has 1 N–H and O–H groups in total. The minimum absolute atomic E-state index is 0.324. The predicted molar refractivity (Wildman–Crippen MR) is 95.4 cm³/mol. The molecule has 8 heteroatoms. The molecule has 1 aromatic carbocycles. The number of carbonyl (C=O) groups excluding carboxylic acids is 2. The second kappa shape index (κ2) is 8.29. The number of nitrogens with one attached hydrogen (secondary N) is 1. The Balaban J connectivity index is 2.12. The number of hydrogen-bond acceptors (Lipinski definition) is 7. The van der Waals surface area contributed by atoms with Gasteiger partial charge in [-0.05, 0) is 31.2 Å².